The Kier molecular flexibility index (Phi) is 7.97. The maximum Gasteiger partial charge on any atom is 0.0456 e. The van der Waals surface area contributed by atoms with Crippen LogP contribution in [0.4, 0.5) is 0 Å². The fraction of sp³-hybridized carbons (Fsp3) is 0.517. The molecule has 0 amide bonds. The minimum absolute atomic E-state index is 0.372. The van der Waals surface area contributed by atoms with E-state index in [9.17, 15) is 0 Å². The molecule has 0 aliphatic heterocycles. The summed E-state index contributed by atoms with van der Waals surface area (Å²) in [4.78, 5) is 3.50. The van der Waals surface area contributed by atoms with Crippen molar-refractivity contribution in [2.75, 3.05) is 0 Å². The Morgan fingerprint density at radius 1 is 0.733 bits per heavy atom. The van der Waals surface area contributed by atoms with E-state index in [-0.39, 0.29) is 0 Å². The van der Waals surface area contributed by atoms with Gasteiger partial charge in [-0.1, -0.05) is 103 Å². The molecule has 0 fully saturated rings. The molecule has 30 heavy (non-hydrogen) atoms. The van der Waals surface area contributed by atoms with E-state index < -0.39 is 0 Å². The summed E-state index contributed by atoms with van der Waals surface area (Å²) in [5, 5.41) is 1.32. The number of hydrogen-bond acceptors (Lipinski definition) is 0. The van der Waals surface area contributed by atoms with Gasteiger partial charge in [-0.15, -0.1) is 0 Å². The molecule has 0 radical (unpaired) electrons. The van der Waals surface area contributed by atoms with Crippen LogP contribution in [0.2, 0.25) is 0 Å². The van der Waals surface area contributed by atoms with Crippen LogP contribution >= 0.6 is 0 Å². The number of rotatable bonds is 4. The molecule has 1 nitrogen and oxygen atoms in total. The van der Waals surface area contributed by atoms with Crippen LogP contribution in [0, 0.1) is 29.6 Å². The van der Waals surface area contributed by atoms with Crippen molar-refractivity contribution in [1.82, 2.24) is 4.98 Å². The molecule has 0 saturated carbocycles. The van der Waals surface area contributed by atoms with Crippen molar-refractivity contribution < 1.29 is 0 Å². The molecule has 0 saturated heterocycles. The highest BCUT2D eigenvalue weighted by Crippen LogP contribution is 2.29. The second-order valence-electron chi connectivity index (χ2n) is 11.3. The topological polar surface area (TPSA) is 15.8 Å². The molecule has 0 aliphatic rings. The molecule has 1 heterocycles. The number of fused-ring (bicyclic) bond motifs is 1. The number of H-pyrrole nitrogens is 1. The van der Waals surface area contributed by atoms with Gasteiger partial charge in [0.2, 0.25) is 0 Å². The summed E-state index contributed by atoms with van der Waals surface area (Å²) in [6.45, 7) is 20.6. The highest BCUT2D eigenvalue weighted by Gasteiger charge is 2.21. The third kappa shape index (κ3) is 7.35. The van der Waals surface area contributed by atoms with Crippen LogP contribution in [0.5, 0.6) is 0 Å². The van der Waals surface area contributed by atoms with Gasteiger partial charge < -0.3 is 4.98 Å². The average molecular weight is 406 g/mol. The Morgan fingerprint density at radius 2 is 1.27 bits per heavy atom. The summed E-state index contributed by atoms with van der Waals surface area (Å²) in [5.41, 5.74) is 6.18. The molecule has 3 rings (SSSR count). The van der Waals surface area contributed by atoms with Crippen molar-refractivity contribution in [1.29, 1.82) is 0 Å². The Hall–Kier alpha value is -2.02. The van der Waals surface area contributed by atoms with Crippen molar-refractivity contribution >= 4 is 10.9 Å². The van der Waals surface area contributed by atoms with Gasteiger partial charge in [-0.05, 0) is 65.5 Å². The molecule has 2 unspecified atom stereocenters. The number of hydrogen-bond donors (Lipinski definition) is 1. The van der Waals surface area contributed by atoms with E-state index >= 15 is 0 Å². The number of aromatic nitrogens is 1. The average Bonchev–Trinajstić information content (AvgIpc) is 3.05. The third-order valence-electron chi connectivity index (χ3n) is 6.73. The summed E-state index contributed by atoms with van der Waals surface area (Å²) in [6, 6.07) is 19.6. The summed E-state index contributed by atoms with van der Waals surface area (Å²) in [7, 11) is 0. The molecule has 164 valence electrons. The van der Waals surface area contributed by atoms with E-state index in [0.717, 1.165) is 12.3 Å². The maximum absolute atomic E-state index is 3.50. The van der Waals surface area contributed by atoms with Gasteiger partial charge >= 0.3 is 0 Å². The van der Waals surface area contributed by atoms with E-state index in [2.05, 4.69) is 122 Å². The summed E-state index contributed by atoms with van der Waals surface area (Å²) >= 11 is 0. The van der Waals surface area contributed by atoms with Crippen LogP contribution < -0.4 is 0 Å². The SMILES string of the molecule is CC(Cc1cc2ccccc2[nH]1)C(C)(C)C.Cc1ccc(CC(C)C(C)(C)C)cc1. The zero-order valence-corrected chi connectivity index (χ0v) is 20.8. The van der Waals surface area contributed by atoms with Crippen LogP contribution in [0.15, 0.2) is 54.6 Å². The van der Waals surface area contributed by atoms with Gasteiger partial charge in [0, 0.05) is 11.2 Å². The van der Waals surface area contributed by atoms with E-state index in [0.29, 0.717) is 16.7 Å². The molecule has 1 heteroatoms. The first kappa shape index (κ1) is 24.3. The number of nitrogens with one attached hydrogen (secondary N) is 1. The normalized spacial score (nSPS) is 14.2. The van der Waals surface area contributed by atoms with Crippen molar-refractivity contribution in [2.45, 2.75) is 75.2 Å². The minimum atomic E-state index is 0.372. The number of benzene rings is 2. The number of para-hydroxylation sites is 1. The first-order chi connectivity index (χ1) is 13.9. The Labute approximate surface area is 185 Å². The molecule has 0 bridgehead atoms. The van der Waals surface area contributed by atoms with Gasteiger partial charge in [0.1, 0.15) is 0 Å². The van der Waals surface area contributed by atoms with Gasteiger partial charge in [-0.2, -0.15) is 0 Å². The molecule has 2 atom stereocenters. The predicted molar refractivity (Wildman–Crippen MR) is 134 cm³/mol. The lowest BCUT2D eigenvalue weighted by atomic mass is 9.78. The lowest BCUT2D eigenvalue weighted by Gasteiger charge is -2.27. The lowest BCUT2D eigenvalue weighted by molar-refractivity contribution is 0.259. The van der Waals surface area contributed by atoms with Crippen LogP contribution in [-0.2, 0) is 12.8 Å². The first-order valence-corrected chi connectivity index (χ1v) is 11.5. The fourth-order valence-electron chi connectivity index (χ4n) is 3.26. The largest absolute Gasteiger partial charge is 0.358 e. The standard InChI is InChI=1S/C15H21N.C14H22/c1-11(15(2,3)4)9-13-10-12-7-5-6-8-14(12)16-13;1-11-6-8-13(9-7-11)10-12(2)14(3,4)5/h5-8,10-11,16H,9H2,1-4H3;6-9,12H,10H2,1-5H3. The van der Waals surface area contributed by atoms with Crippen molar-refractivity contribution in [3.8, 4) is 0 Å². The molecule has 0 spiro atoms. The zero-order chi connectivity index (χ0) is 22.5. The van der Waals surface area contributed by atoms with Gasteiger partial charge in [0.05, 0.1) is 0 Å². The van der Waals surface area contributed by atoms with E-state index in [1.807, 2.05) is 0 Å². The number of aryl methyl sites for hydroxylation is 1. The van der Waals surface area contributed by atoms with Crippen LogP contribution in [-0.4, -0.2) is 4.98 Å². The van der Waals surface area contributed by atoms with Crippen molar-refractivity contribution in [3.05, 3.63) is 71.4 Å². The van der Waals surface area contributed by atoms with Gasteiger partial charge in [-0.25, -0.2) is 0 Å². The Balaban J connectivity index is 0.000000216. The number of aromatic amines is 1. The maximum atomic E-state index is 3.50. The van der Waals surface area contributed by atoms with Crippen LogP contribution in [0.3, 0.4) is 0 Å². The summed E-state index contributed by atoms with van der Waals surface area (Å²) in [5.74, 6) is 1.41. The minimum Gasteiger partial charge on any atom is -0.358 e. The second-order valence-corrected chi connectivity index (χ2v) is 11.3. The van der Waals surface area contributed by atoms with E-state index in [1.54, 1.807) is 0 Å². The molecule has 1 aromatic heterocycles. The summed E-state index contributed by atoms with van der Waals surface area (Å²) < 4.78 is 0. The van der Waals surface area contributed by atoms with Crippen LogP contribution in [0.25, 0.3) is 10.9 Å². The highest BCUT2D eigenvalue weighted by molar-refractivity contribution is 5.80. The molecule has 3 aromatic rings. The molecule has 2 aromatic carbocycles. The molecule has 1 N–H and O–H groups in total. The van der Waals surface area contributed by atoms with E-state index in [4.69, 9.17) is 0 Å². The first-order valence-electron chi connectivity index (χ1n) is 11.5. The molecular formula is C29H43N. The van der Waals surface area contributed by atoms with Crippen LogP contribution in [0.1, 0.15) is 72.2 Å². The lowest BCUT2D eigenvalue weighted by Crippen LogP contribution is -2.19. The Morgan fingerprint density at radius 3 is 1.80 bits per heavy atom. The zero-order valence-electron chi connectivity index (χ0n) is 20.8. The Bertz CT molecular complexity index is 867. The van der Waals surface area contributed by atoms with Gasteiger partial charge in [-0.3, -0.25) is 0 Å². The molecular weight excluding hydrogens is 362 g/mol. The highest BCUT2D eigenvalue weighted by atomic mass is 14.7. The quantitative estimate of drug-likeness (QED) is 0.447. The van der Waals surface area contributed by atoms with Gasteiger partial charge in [0.15, 0.2) is 0 Å². The van der Waals surface area contributed by atoms with Crippen molar-refractivity contribution in [3.63, 3.8) is 0 Å². The second kappa shape index (κ2) is 9.86. The summed E-state index contributed by atoms with van der Waals surface area (Å²) in [6.07, 6.45) is 2.31. The monoisotopic (exact) mass is 405 g/mol. The molecule has 0 aliphatic carbocycles. The van der Waals surface area contributed by atoms with E-state index in [1.165, 1.54) is 34.1 Å². The third-order valence-corrected chi connectivity index (χ3v) is 6.73. The van der Waals surface area contributed by atoms with Gasteiger partial charge in [0.25, 0.3) is 0 Å². The van der Waals surface area contributed by atoms with Crippen molar-refractivity contribution in [2.24, 2.45) is 22.7 Å². The predicted octanol–water partition coefficient (Wildman–Crippen LogP) is 8.61. The smallest absolute Gasteiger partial charge is 0.0456 e. The fourth-order valence-corrected chi connectivity index (χ4v) is 3.26.